The number of carboxylic acid groups (broad SMARTS) is 1. The Bertz CT molecular complexity index is 755. The van der Waals surface area contributed by atoms with Crippen molar-refractivity contribution in [2.45, 2.75) is 45.8 Å². The van der Waals surface area contributed by atoms with Crippen molar-refractivity contribution in [1.82, 2.24) is 0 Å². The lowest BCUT2D eigenvalue weighted by Gasteiger charge is -2.32. The fourth-order valence-corrected chi connectivity index (χ4v) is 3.13. The fourth-order valence-electron chi connectivity index (χ4n) is 2.54. The molecule has 0 spiro atoms. The lowest BCUT2D eigenvalue weighted by atomic mass is 9.78. The molecule has 1 aromatic carbocycles. The highest BCUT2D eigenvalue weighted by Crippen LogP contribution is 2.39. The number of carboxylic acids is 1. The number of carbonyl (C=O) groups is 2. The molecule has 27 heavy (non-hydrogen) atoms. The lowest BCUT2D eigenvalue weighted by Crippen LogP contribution is -2.41. The molecule has 0 amide bonds. The second kappa shape index (κ2) is 8.08. The van der Waals surface area contributed by atoms with Gasteiger partial charge in [0, 0.05) is 12.7 Å². The summed E-state index contributed by atoms with van der Waals surface area (Å²) in [6.45, 7) is 9.25. The zero-order chi connectivity index (χ0) is 20.4. The van der Waals surface area contributed by atoms with Gasteiger partial charge in [-0.05, 0) is 56.9 Å². The zero-order valence-electron chi connectivity index (χ0n) is 16.5. The maximum absolute atomic E-state index is 11.6. The topological polar surface area (TPSA) is 82.1 Å². The van der Waals surface area contributed by atoms with Crippen molar-refractivity contribution in [2.75, 3.05) is 12.9 Å². The van der Waals surface area contributed by atoms with E-state index in [-0.39, 0.29) is 10.7 Å². The molecule has 6 nitrogen and oxygen atoms in total. The van der Waals surface area contributed by atoms with Gasteiger partial charge in [-0.1, -0.05) is 17.8 Å². The number of rotatable bonds is 6. The average Bonchev–Trinajstić information content (AvgIpc) is 2.78. The molecule has 0 unspecified atom stereocenters. The molecule has 1 aliphatic heterocycles. The van der Waals surface area contributed by atoms with Crippen molar-refractivity contribution in [3.8, 4) is 5.75 Å². The van der Waals surface area contributed by atoms with Crippen molar-refractivity contribution in [3.05, 3.63) is 34.8 Å². The van der Waals surface area contributed by atoms with E-state index in [2.05, 4.69) is 0 Å². The monoisotopic (exact) mass is 392 g/mol. The summed E-state index contributed by atoms with van der Waals surface area (Å²) in [5.41, 5.74) is 0.210. The Hall–Kier alpha value is -1.77. The molecular formula is C19H25BO6S. The van der Waals surface area contributed by atoms with Crippen LogP contribution in [-0.2, 0) is 14.1 Å². The zero-order valence-corrected chi connectivity index (χ0v) is 17.3. The second-order valence-corrected chi connectivity index (χ2v) is 8.50. The van der Waals surface area contributed by atoms with Crippen LogP contribution >= 0.6 is 11.8 Å². The van der Waals surface area contributed by atoms with Crippen LogP contribution in [0.1, 0.15) is 50.5 Å². The van der Waals surface area contributed by atoms with Gasteiger partial charge in [-0.3, -0.25) is 4.79 Å². The molecule has 1 saturated heterocycles. The highest BCUT2D eigenvalue weighted by Gasteiger charge is 2.52. The van der Waals surface area contributed by atoms with Gasteiger partial charge >= 0.3 is 13.1 Å². The highest BCUT2D eigenvalue weighted by atomic mass is 32.2. The molecule has 0 aliphatic carbocycles. The molecule has 1 N–H and O–H groups in total. The molecule has 8 heteroatoms. The largest absolute Gasteiger partial charge is 0.497 e. The van der Waals surface area contributed by atoms with Crippen molar-refractivity contribution in [2.24, 2.45) is 0 Å². The minimum atomic E-state index is -1.05. The van der Waals surface area contributed by atoms with Gasteiger partial charge in [0.2, 0.25) is 0 Å². The quantitative estimate of drug-likeness (QED) is 0.740. The average molecular weight is 392 g/mol. The molecule has 0 atom stereocenters. The van der Waals surface area contributed by atoms with Gasteiger partial charge in [-0.15, -0.1) is 0 Å². The van der Waals surface area contributed by atoms with Crippen LogP contribution in [-0.4, -0.2) is 47.4 Å². The van der Waals surface area contributed by atoms with E-state index >= 15 is 0 Å². The minimum absolute atomic E-state index is 0.0403. The number of hydrogen-bond acceptors (Lipinski definition) is 6. The van der Waals surface area contributed by atoms with E-state index in [0.29, 0.717) is 22.5 Å². The first kappa shape index (κ1) is 21.5. The maximum Gasteiger partial charge on any atom is 0.491 e. The summed E-state index contributed by atoms with van der Waals surface area (Å²) in [5, 5.41) is 9.46. The maximum atomic E-state index is 11.6. The van der Waals surface area contributed by atoms with Gasteiger partial charge in [0.05, 0.1) is 23.9 Å². The van der Waals surface area contributed by atoms with Crippen molar-refractivity contribution in [3.63, 3.8) is 0 Å². The van der Waals surface area contributed by atoms with Gasteiger partial charge in [-0.25, -0.2) is 4.79 Å². The predicted molar refractivity (Wildman–Crippen MR) is 107 cm³/mol. The third-order valence-corrected chi connectivity index (χ3v) is 5.71. The van der Waals surface area contributed by atoms with E-state index in [1.54, 1.807) is 18.2 Å². The van der Waals surface area contributed by atoms with Crippen molar-refractivity contribution in [1.29, 1.82) is 0 Å². The van der Waals surface area contributed by atoms with Crippen molar-refractivity contribution < 1.29 is 28.7 Å². The molecule has 2 rings (SSSR count). The third kappa shape index (κ3) is 4.94. The van der Waals surface area contributed by atoms with Crippen LogP contribution in [0.2, 0.25) is 0 Å². The number of aromatic carboxylic acids is 1. The van der Waals surface area contributed by atoms with E-state index in [1.807, 2.05) is 27.7 Å². The summed E-state index contributed by atoms with van der Waals surface area (Å²) in [7, 11) is 0.846. The Morgan fingerprint density at radius 2 is 1.81 bits per heavy atom. The summed E-state index contributed by atoms with van der Waals surface area (Å²) in [5.74, 6) is -0.169. The fraction of sp³-hybridized carbons (Fsp3) is 0.474. The first-order chi connectivity index (χ1) is 12.5. The normalized spacial score (nSPS) is 18.4. The number of ether oxygens (including phenoxy) is 1. The van der Waals surface area contributed by atoms with Crippen LogP contribution in [0.25, 0.3) is 6.08 Å². The molecule has 0 radical (unpaired) electrons. The number of thioether (sulfide) groups is 1. The van der Waals surface area contributed by atoms with Crippen LogP contribution in [0, 0.1) is 0 Å². The van der Waals surface area contributed by atoms with Crippen molar-refractivity contribution >= 4 is 36.0 Å². The number of benzene rings is 1. The first-order valence-electron chi connectivity index (χ1n) is 8.57. The van der Waals surface area contributed by atoms with Crippen LogP contribution in [0.5, 0.6) is 5.75 Å². The van der Waals surface area contributed by atoms with Crippen LogP contribution < -0.4 is 4.74 Å². The van der Waals surface area contributed by atoms with Crippen LogP contribution in [0.15, 0.2) is 23.7 Å². The number of hydrogen-bond donors (Lipinski definition) is 1. The van der Waals surface area contributed by atoms with Gasteiger partial charge < -0.3 is 19.2 Å². The van der Waals surface area contributed by atoms with Crippen LogP contribution in [0.3, 0.4) is 0 Å². The minimum Gasteiger partial charge on any atom is -0.497 e. The Morgan fingerprint density at radius 3 is 2.30 bits per heavy atom. The molecule has 0 saturated carbocycles. The predicted octanol–water partition coefficient (Wildman–Crippen LogP) is 3.69. The van der Waals surface area contributed by atoms with E-state index in [4.69, 9.17) is 14.0 Å². The Morgan fingerprint density at radius 1 is 1.22 bits per heavy atom. The van der Waals surface area contributed by atoms with Gasteiger partial charge in [0.1, 0.15) is 5.75 Å². The Labute approximate surface area is 164 Å². The summed E-state index contributed by atoms with van der Waals surface area (Å²) in [6, 6.07) is 4.74. The van der Waals surface area contributed by atoms with Gasteiger partial charge in [0.25, 0.3) is 0 Å². The van der Waals surface area contributed by atoms with E-state index in [1.165, 1.54) is 20.1 Å². The first-order valence-corrected chi connectivity index (χ1v) is 9.56. The van der Waals surface area contributed by atoms with Gasteiger partial charge in [-0.2, -0.15) is 0 Å². The summed E-state index contributed by atoms with van der Waals surface area (Å²) in [4.78, 5) is 23.1. The summed E-state index contributed by atoms with van der Waals surface area (Å²) >= 11 is 1.12. The molecule has 146 valence electrons. The molecule has 1 aliphatic rings. The summed E-state index contributed by atoms with van der Waals surface area (Å²) < 4.78 is 17.4. The SMILES string of the molecule is COc1ccc(C(=O)O)c(C=C(CSC(C)=O)B2OC(C)(C)C(C)(C)O2)c1. The van der Waals surface area contributed by atoms with E-state index in [0.717, 1.165) is 11.8 Å². The Kier molecular flexibility index (Phi) is 6.45. The molecule has 1 heterocycles. The molecule has 0 aromatic heterocycles. The Balaban J connectivity index is 2.49. The summed E-state index contributed by atoms with van der Waals surface area (Å²) in [6.07, 6.45) is 1.71. The molecule has 1 aromatic rings. The standard InChI is InChI=1S/C19H25BO6S/c1-12(21)27-11-14(20-25-18(2,3)19(4,5)26-20)9-13-10-15(24-6)7-8-16(13)17(22)23/h7-10H,11H2,1-6H3,(H,22,23). The van der Waals surface area contributed by atoms with E-state index < -0.39 is 24.3 Å². The third-order valence-electron chi connectivity index (χ3n) is 4.83. The molecule has 0 bridgehead atoms. The molecular weight excluding hydrogens is 367 g/mol. The highest BCUT2D eigenvalue weighted by molar-refractivity contribution is 8.13. The van der Waals surface area contributed by atoms with Gasteiger partial charge in [0.15, 0.2) is 5.12 Å². The lowest BCUT2D eigenvalue weighted by molar-refractivity contribution is -0.109. The van der Waals surface area contributed by atoms with Crippen LogP contribution in [0.4, 0.5) is 0 Å². The second-order valence-electron chi connectivity index (χ2n) is 7.35. The number of carbonyl (C=O) groups excluding carboxylic acids is 1. The number of methoxy groups -OCH3 is 1. The van der Waals surface area contributed by atoms with E-state index in [9.17, 15) is 14.7 Å². The molecule has 1 fully saturated rings. The smallest absolute Gasteiger partial charge is 0.491 e.